The highest BCUT2D eigenvalue weighted by molar-refractivity contribution is 5.90. The fourth-order valence-corrected chi connectivity index (χ4v) is 2.44. The number of carbonyl (C=O) groups is 1. The molecule has 104 valence electrons. The maximum Gasteiger partial charge on any atom is 0.293 e. The van der Waals surface area contributed by atoms with Crippen LogP contribution in [0.15, 0.2) is 24.3 Å². The van der Waals surface area contributed by atoms with Gasteiger partial charge in [-0.05, 0) is 17.5 Å². The molecular formula is C15H18N4O. The van der Waals surface area contributed by atoms with Crippen LogP contribution in [-0.4, -0.2) is 32.5 Å². The van der Waals surface area contributed by atoms with Gasteiger partial charge in [0, 0.05) is 19.0 Å². The molecule has 0 spiro atoms. The second kappa shape index (κ2) is 5.07. The van der Waals surface area contributed by atoms with Crippen molar-refractivity contribution in [2.75, 3.05) is 6.54 Å². The molecule has 20 heavy (non-hydrogen) atoms. The van der Waals surface area contributed by atoms with Crippen LogP contribution >= 0.6 is 0 Å². The van der Waals surface area contributed by atoms with Gasteiger partial charge < -0.3 is 4.90 Å². The average molecular weight is 270 g/mol. The highest BCUT2D eigenvalue weighted by Crippen LogP contribution is 2.19. The fraction of sp³-hybridized carbons (Fsp3) is 0.400. The molecule has 1 aliphatic rings. The van der Waals surface area contributed by atoms with Crippen LogP contribution in [0.25, 0.3) is 0 Å². The van der Waals surface area contributed by atoms with Crippen molar-refractivity contribution in [3.63, 3.8) is 0 Å². The molecule has 3 rings (SSSR count). The smallest absolute Gasteiger partial charge is 0.293 e. The summed E-state index contributed by atoms with van der Waals surface area (Å²) in [6, 6.07) is 8.25. The molecule has 0 fully saturated rings. The molecule has 0 saturated carbocycles. The monoisotopic (exact) mass is 270 g/mol. The van der Waals surface area contributed by atoms with Gasteiger partial charge in [-0.3, -0.25) is 9.89 Å². The van der Waals surface area contributed by atoms with E-state index in [4.69, 9.17) is 0 Å². The van der Waals surface area contributed by atoms with Crippen LogP contribution in [-0.2, 0) is 13.0 Å². The lowest BCUT2D eigenvalue weighted by atomic mass is 10.00. The summed E-state index contributed by atoms with van der Waals surface area (Å²) in [5, 5.41) is 6.88. The maximum absolute atomic E-state index is 12.4. The number of aromatic amines is 1. The molecule has 1 aromatic carbocycles. The number of hydrogen-bond donors (Lipinski definition) is 1. The molecule has 2 aromatic rings. The Morgan fingerprint density at radius 2 is 2.05 bits per heavy atom. The average Bonchev–Trinajstić information content (AvgIpc) is 2.96. The Bertz CT molecular complexity index is 632. The van der Waals surface area contributed by atoms with Crippen molar-refractivity contribution in [1.29, 1.82) is 0 Å². The highest BCUT2D eigenvalue weighted by Gasteiger charge is 2.24. The molecule has 1 aliphatic heterocycles. The van der Waals surface area contributed by atoms with Crippen LogP contribution in [0.1, 0.15) is 47.3 Å². The molecule has 0 unspecified atom stereocenters. The summed E-state index contributed by atoms with van der Waals surface area (Å²) in [6.45, 7) is 5.40. The van der Waals surface area contributed by atoms with Gasteiger partial charge in [-0.2, -0.15) is 0 Å². The van der Waals surface area contributed by atoms with E-state index in [2.05, 4.69) is 27.3 Å². The molecule has 0 atom stereocenters. The van der Waals surface area contributed by atoms with Crippen molar-refractivity contribution < 1.29 is 4.79 Å². The van der Waals surface area contributed by atoms with Crippen LogP contribution in [0.4, 0.5) is 0 Å². The van der Waals surface area contributed by atoms with Crippen LogP contribution in [0.3, 0.4) is 0 Å². The van der Waals surface area contributed by atoms with Crippen molar-refractivity contribution in [3.8, 4) is 0 Å². The Balaban J connectivity index is 1.78. The van der Waals surface area contributed by atoms with Gasteiger partial charge >= 0.3 is 0 Å². The largest absolute Gasteiger partial charge is 0.331 e. The first-order valence-electron chi connectivity index (χ1n) is 6.93. The second-order valence-electron chi connectivity index (χ2n) is 5.44. The standard InChI is InChI=1S/C15H18N4O/c1-10(2)13-16-14(18-17-13)15(20)19-8-7-11-5-3-4-6-12(11)9-19/h3-6,10H,7-9H2,1-2H3,(H,16,17,18). The van der Waals surface area contributed by atoms with Gasteiger partial charge in [0.15, 0.2) is 0 Å². The number of fused-ring (bicyclic) bond motifs is 1. The minimum Gasteiger partial charge on any atom is -0.331 e. The number of benzene rings is 1. The van der Waals surface area contributed by atoms with Gasteiger partial charge in [-0.25, -0.2) is 4.98 Å². The van der Waals surface area contributed by atoms with E-state index in [-0.39, 0.29) is 17.6 Å². The first-order chi connectivity index (χ1) is 9.65. The Labute approximate surface area is 118 Å². The van der Waals surface area contributed by atoms with Crippen LogP contribution < -0.4 is 0 Å². The van der Waals surface area contributed by atoms with E-state index in [1.165, 1.54) is 11.1 Å². The number of nitrogens with one attached hydrogen (secondary N) is 1. The molecule has 2 heterocycles. The normalized spacial score (nSPS) is 14.4. The van der Waals surface area contributed by atoms with E-state index in [1.807, 2.05) is 30.9 Å². The third kappa shape index (κ3) is 2.31. The minimum absolute atomic E-state index is 0.0948. The number of carbonyl (C=O) groups excluding carboxylic acids is 1. The molecule has 0 bridgehead atoms. The highest BCUT2D eigenvalue weighted by atomic mass is 16.2. The van der Waals surface area contributed by atoms with Crippen LogP contribution in [0.5, 0.6) is 0 Å². The summed E-state index contributed by atoms with van der Waals surface area (Å²) in [7, 11) is 0. The summed E-state index contributed by atoms with van der Waals surface area (Å²) in [6.07, 6.45) is 0.892. The number of aromatic nitrogens is 3. The van der Waals surface area contributed by atoms with Crippen molar-refractivity contribution >= 4 is 5.91 Å². The van der Waals surface area contributed by atoms with Crippen LogP contribution in [0, 0.1) is 0 Å². The predicted molar refractivity (Wildman–Crippen MR) is 75.4 cm³/mol. The third-order valence-electron chi connectivity index (χ3n) is 3.66. The molecule has 0 saturated heterocycles. The Morgan fingerprint density at radius 3 is 2.75 bits per heavy atom. The van der Waals surface area contributed by atoms with Crippen LogP contribution in [0.2, 0.25) is 0 Å². The van der Waals surface area contributed by atoms with Gasteiger partial charge in [0.1, 0.15) is 5.82 Å². The summed E-state index contributed by atoms with van der Waals surface area (Å²) >= 11 is 0. The van der Waals surface area contributed by atoms with E-state index >= 15 is 0 Å². The van der Waals surface area contributed by atoms with Crippen molar-refractivity contribution in [3.05, 3.63) is 47.0 Å². The molecule has 1 N–H and O–H groups in total. The molecule has 0 radical (unpaired) electrons. The number of rotatable bonds is 2. The Kier molecular flexibility index (Phi) is 3.26. The number of hydrogen-bond acceptors (Lipinski definition) is 3. The quantitative estimate of drug-likeness (QED) is 0.909. The molecule has 5 nitrogen and oxygen atoms in total. The summed E-state index contributed by atoms with van der Waals surface area (Å²) in [5.41, 5.74) is 2.54. The van der Waals surface area contributed by atoms with Gasteiger partial charge in [-0.15, -0.1) is 5.10 Å². The van der Waals surface area contributed by atoms with Gasteiger partial charge in [0.05, 0.1) is 0 Å². The zero-order chi connectivity index (χ0) is 14.1. The lowest BCUT2D eigenvalue weighted by Gasteiger charge is -2.27. The lowest BCUT2D eigenvalue weighted by molar-refractivity contribution is 0.0722. The SMILES string of the molecule is CC(C)c1nc(C(=O)N2CCc3ccccc3C2)n[nH]1. The number of nitrogens with zero attached hydrogens (tertiary/aromatic N) is 3. The van der Waals surface area contributed by atoms with E-state index in [1.54, 1.807) is 0 Å². The molecule has 5 heteroatoms. The number of H-pyrrole nitrogens is 1. The van der Waals surface area contributed by atoms with Crippen molar-refractivity contribution in [1.82, 2.24) is 20.1 Å². The minimum atomic E-state index is -0.0948. The van der Waals surface area contributed by atoms with E-state index in [0.29, 0.717) is 6.54 Å². The van der Waals surface area contributed by atoms with Gasteiger partial charge in [0.25, 0.3) is 5.91 Å². The first-order valence-corrected chi connectivity index (χ1v) is 6.93. The van der Waals surface area contributed by atoms with E-state index in [0.717, 1.165) is 18.8 Å². The maximum atomic E-state index is 12.4. The molecule has 1 aromatic heterocycles. The lowest BCUT2D eigenvalue weighted by Crippen LogP contribution is -2.36. The van der Waals surface area contributed by atoms with Crippen molar-refractivity contribution in [2.24, 2.45) is 0 Å². The Morgan fingerprint density at radius 1 is 1.30 bits per heavy atom. The predicted octanol–water partition coefficient (Wildman–Crippen LogP) is 2.13. The summed E-state index contributed by atoms with van der Waals surface area (Å²) in [5.74, 6) is 1.17. The topological polar surface area (TPSA) is 61.9 Å². The number of amides is 1. The zero-order valence-electron chi connectivity index (χ0n) is 11.8. The van der Waals surface area contributed by atoms with Gasteiger partial charge in [0.2, 0.25) is 5.82 Å². The van der Waals surface area contributed by atoms with Crippen molar-refractivity contribution in [2.45, 2.75) is 32.7 Å². The van der Waals surface area contributed by atoms with E-state index < -0.39 is 0 Å². The summed E-state index contributed by atoms with van der Waals surface area (Å²) in [4.78, 5) is 18.5. The zero-order valence-corrected chi connectivity index (χ0v) is 11.8. The molecular weight excluding hydrogens is 252 g/mol. The Hall–Kier alpha value is -2.17. The summed E-state index contributed by atoms with van der Waals surface area (Å²) < 4.78 is 0. The second-order valence-corrected chi connectivity index (χ2v) is 5.44. The fourth-order valence-electron chi connectivity index (χ4n) is 2.44. The van der Waals surface area contributed by atoms with E-state index in [9.17, 15) is 4.79 Å². The van der Waals surface area contributed by atoms with Gasteiger partial charge in [-0.1, -0.05) is 38.1 Å². The molecule has 0 aliphatic carbocycles. The first kappa shape index (κ1) is 12.8. The third-order valence-corrected chi connectivity index (χ3v) is 3.66. The molecule has 1 amide bonds.